The van der Waals surface area contributed by atoms with E-state index < -0.39 is 12.1 Å². The first kappa shape index (κ1) is 68.6. The first-order chi connectivity index (χ1) is 34.5. The normalized spacial score (nSPS) is 12.6. The number of aliphatic hydroxyl groups excluding tert-OH is 2. The van der Waals surface area contributed by atoms with E-state index in [0.29, 0.717) is 25.9 Å². The highest BCUT2D eigenvalue weighted by Gasteiger charge is 2.20. The Morgan fingerprint density at radius 1 is 0.386 bits per heavy atom. The monoisotopic (exact) mass is 988 g/mol. The molecule has 0 aliphatic heterocycles. The number of esters is 1. The summed E-state index contributed by atoms with van der Waals surface area (Å²) in [4.78, 5) is 24.5. The van der Waals surface area contributed by atoms with Crippen molar-refractivity contribution in [2.24, 2.45) is 0 Å². The van der Waals surface area contributed by atoms with Gasteiger partial charge in [-0.25, -0.2) is 0 Å². The first-order valence-corrected chi connectivity index (χ1v) is 31.9. The summed E-state index contributed by atoms with van der Waals surface area (Å²) < 4.78 is 5.49. The van der Waals surface area contributed by atoms with E-state index in [1.54, 1.807) is 0 Å². The molecule has 0 aliphatic carbocycles. The largest absolute Gasteiger partial charge is 0.466 e. The summed E-state index contributed by atoms with van der Waals surface area (Å²) in [5, 5.41) is 23.3. The molecule has 0 radical (unpaired) electrons. The zero-order valence-corrected chi connectivity index (χ0v) is 47.5. The third kappa shape index (κ3) is 55.9. The Bertz CT molecular complexity index is 1050. The van der Waals surface area contributed by atoms with Gasteiger partial charge in [0.15, 0.2) is 0 Å². The number of allylic oxidation sites excluding steroid dienone is 2. The zero-order chi connectivity index (χ0) is 50.7. The molecule has 3 N–H and O–H groups in total. The van der Waals surface area contributed by atoms with E-state index in [9.17, 15) is 19.8 Å². The van der Waals surface area contributed by atoms with Crippen LogP contribution in [0, 0.1) is 0 Å². The van der Waals surface area contributed by atoms with Crippen molar-refractivity contribution in [1.82, 2.24) is 5.32 Å². The van der Waals surface area contributed by atoms with Crippen LogP contribution in [0.3, 0.4) is 0 Å². The summed E-state index contributed by atoms with van der Waals surface area (Å²) in [6.45, 7) is 4.98. The molecule has 70 heavy (non-hydrogen) atoms. The van der Waals surface area contributed by atoms with Crippen molar-refractivity contribution in [2.75, 3.05) is 13.2 Å². The lowest BCUT2D eigenvalue weighted by Gasteiger charge is -2.22. The second-order valence-electron chi connectivity index (χ2n) is 22.1. The lowest BCUT2D eigenvalue weighted by molar-refractivity contribution is -0.143. The van der Waals surface area contributed by atoms with Gasteiger partial charge in [0.2, 0.25) is 5.91 Å². The summed E-state index contributed by atoms with van der Waals surface area (Å²) in [6, 6.07) is -0.542. The molecule has 0 saturated heterocycles. The number of hydrogen-bond donors (Lipinski definition) is 3. The molecule has 2 unspecified atom stereocenters. The molecule has 0 aromatic rings. The van der Waals surface area contributed by atoms with E-state index in [0.717, 1.165) is 38.5 Å². The maximum atomic E-state index is 12.5. The predicted octanol–water partition coefficient (Wildman–Crippen LogP) is 20.0. The van der Waals surface area contributed by atoms with Gasteiger partial charge in [-0.1, -0.05) is 309 Å². The third-order valence-corrected chi connectivity index (χ3v) is 15.1. The average molecular weight is 989 g/mol. The molecule has 416 valence electrons. The predicted molar refractivity (Wildman–Crippen MR) is 306 cm³/mol. The highest BCUT2D eigenvalue weighted by Crippen LogP contribution is 2.18. The Labute approximate surface area is 438 Å². The molecule has 0 spiro atoms. The van der Waals surface area contributed by atoms with Gasteiger partial charge >= 0.3 is 5.97 Å². The van der Waals surface area contributed by atoms with Crippen LogP contribution in [-0.4, -0.2) is 47.4 Å². The van der Waals surface area contributed by atoms with Crippen LogP contribution >= 0.6 is 0 Å². The average Bonchev–Trinajstić information content (AvgIpc) is 3.36. The van der Waals surface area contributed by atoms with Crippen molar-refractivity contribution in [3.05, 3.63) is 12.2 Å². The summed E-state index contributed by atoms with van der Waals surface area (Å²) in [5.41, 5.74) is 0. The third-order valence-electron chi connectivity index (χ3n) is 15.1. The van der Waals surface area contributed by atoms with Crippen molar-refractivity contribution in [3.63, 3.8) is 0 Å². The molecule has 0 aliphatic rings. The number of carbonyl (C=O) groups is 2. The topological polar surface area (TPSA) is 95.9 Å². The standard InChI is InChI=1S/C64H125NO5/c1-3-5-7-9-11-13-15-17-29-34-38-42-46-50-54-58-64(69)70-59-55-51-47-43-39-35-31-28-26-24-22-20-18-19-21-23-25-27-30-33-37-41-45-49-53-57-63(68)65-61(60-66)62(67)56-52-48-44-40-36-32-16-14-12-10-8-6-4-2/h19,21,61-62,66-67H,3-18,20,22-60H2,1-2H3,(H,65,68)/b21-19-. The van der Waals surface area contributed by atoms with Gasteiger partial charge < -0.3 is 20.3 Å². The van der Waals surface area contributed by atoms with Crippen LogP contribution in [0.25, 0.3) is 0 Å². The molecule has 0 fully saturated rings. The summed E-state index contributed by atoms with van der Waals surface area (Å²) in [6.07, 6.45) is 72.3. The van der Waals surface area contributed by atoms with E-state index in [1.165, 1.54) is 289 Å². The van der Waals surface area contributed by atoms with Crippen LogP contribution in [0.15, 0.2) is 12.2 Å². The minimum absolute atomic E-state index is 0.0170. The number of hydrogen-bond acceptors (Lipinski definition) is 5. The van der Waals surface area contributed by atoms with Crippen molar-refractivity contribution >= 4 is 11.9 Å². The van der Waals surface area contributed by atoms with Crippen LogP contribution < -0.4 is 5.32 Å². The molecule has 0 aromatic heterocycles. The quantitative estimate of drug-likeness (QED) is 0.0321. The lowest BCUT2D eigenvalue weighted by Crippen LogP contribution is -2.45. The fourth-order valence-electron chi connectivity index (χ4n) is 10.2. The van der Waals surface area contributed by atoms with Crippen LogP contribution in [0.4, 0.5) is 0 Å². The van der Waals surface area contributed by atoms with E-state index in [-0.39, 0.29) is 18.5 Å². The summed E-state index contributed by atoms with van der Waals surface area (Å²) >= 11 is 0. The summed E-state index contributed by atoms with van der Waals surface area (Å²) in [5.74, 6) is -0.0193. The van der Waals surface area contributed by atoms with Gasteiger partial charge in [-0.05, 0) is 51.4 Å². The molecule has 6 nitrogen and oxygen atoms in total. The summed E-state index contributed by atoms with van der Waals surface area (Å²) in [7, 11) is 0. The molecule has 0 saturated carbocycles. The number of unbranched alkanes of at least 4 members (excludes halogenated alkanes) is 47. The number of amides is 1. The second-order valence-corrected chi connectivity index (χ2v) is 22.1. The van der Waals surface area contributed by atoms with E-state index in [2.05, 4.69) is 31.3 Å². The van der Waals surface area contributed by atoms with Crippen LogP contribution in [0.5, 0.6) is 0 Å². The van der Waals surface area contributed by atoms with Crippen molar-refractivity contribution in [1.29, 1.82) is 0 Å². The minimum Gasteiger partial charge on any atom is -0.466 e. The Kier molecular flexibility index (Phi) is 59.0. The van der Waals surface area contributed by atoms with Crippen LogP contribution in [0.1, 0.15) is 361 Å². The Morgan fingerprint density at radius 3 is 1.01 bits per heavy atom. The van der Waals surface area contributed by atoms with Gasteiger partial charge in [0.05, 0.1) is 25.4 Å². The molecule has 2 atom stereocenters. The Morgan fingerprint density at radius 2 is 0.671 bits per heavy atom. The van der Waals surface area contributed by atoms with Gasteiger partial charge in [0.1, 0.15) is 0 Å². The molecule has 0 rings (SSSR count). The van der Waals surface area contributed by atoms with E-state index >= 15 is 0 Å². The smallest absolute Gasteiger partial charge is 0.305 e. The SMILES string of the molecule is CCCCCCCCCCCCCCCCCC(=O)OCCCCCCCCCCCCCC/C=C\CCCCCCCCCCCC(=O)NC(CO)C(O)CCCCCCCCCCCCCCC. The minimum atomic E-state index is -0.664. The van der Waals surface area contributed by atoms with Gasteiger partial charge in [-0.15, -0.1) is 0 Å². The molecule has 1 amide bonds. The van der Waals surface area contributed by atoms with Crippen LogP contribution in [-0.2, 0) is 14.3 Å². The molecular weight excluding hydrogens is 863 g/mol. The van der Waals surface area contributed by atoms with Gasteiger partial charge in [0, 0.05) is 12.8 Å². The van der Waals surface area contributed by atoms with Gasteiger partial charge in [-0.3, -0.25) is 9.59 Å². The fraction of sp³-hybridized carbons (Fsp3) is 0.938. The highest BCUT2D eigenvalue weighted by molar-refractivity contribution is 5.76. The van der Waals surface area contributed by atoms with Gasteiger partial charge in [-0.2, -0.15) is 0 Å². The van der Waals surface area contributed by atoms with Crippen molar-refractivity contribution in [2.45, 2.75) is 373 Å². The fourth-order valence-corrected chi connectivity index (χ4v) is 10.2. The highest BCUT2D eigenvalue weighted by atomic mass is 16.5. The number of rotatable bonds is 60. The van der Waals surface area contributed by atoms with E-state index in [1.807, 2.05) is 0 Å². The molecular formula is C64H125NO5. The number of carbonyl (C=O) groups excluding carboxylic acids is 2. The van der Waals surface area contributed by atoms with Crippen molar-refractivity contribution in [3.8, 4) is 0 Å². The Balaban J connectivity index is 3.37. The lowest BCUT2D eigenvalue weighted by atomic mass is 10.0. The maximum Gasteiger partial charge on any atom is 0.305 e. The number of aliphatic hydroxyl groups is 2. The molecule has 0 heterocycles. The second kappa shape index (κ2) is 60.2. The number of nitrogens with one attached hydrogen (secondary N) is 1. The molecule has 0 aromatic carbocycles. The van der Waals surface area contributed by atoms with Gasteiger partial charge in [0.25, 0.3) is 0 Å². The zero-order valence-electron chi connectivity index (χ0n) is 47.5. The van der Waals surface area contributed by atoms with E-state index in [4.69, 9.17) is 4.74 Å². The van der Waals surface area contributed by atoms with Crippen LogP contribution in [0.2, 0.25) is 0 Å². The molecule has 0 bridgehead atoms. The molecule has 6 heteroatoms. The number of ether oxygens (including phenoxy) is 1. The van der Waals surface area contributed by atoms with Crippen molar-refractivity contribution < 1.29 is 24.5 Å². The first-order valence-electron chi connectivity index (χ1n) is 31.9. The maximum absolute atomic E-state index is 12.5. The Hall–Kier alpha value is -1.40.